The van der Waals surface area contributed by atoms with Crippen LogP contribution >= 0.6 is 0 Å². The molecule has 0 saturated carbocycles. The summed E-state index contributed by atoms with van der Waals surface area (Å²) in [5.41, 5.74) is 0.378. The van der Waals surface area contributed by atoms with Crippen molar-refractivity contribution in [3.8, 4) is 0 Å². The second-order valence-corrected chi connectivity index (χ2v) is 6.39. The Hall–Kier alpha value is -2.63. The van der Waals surface area contributed by atoms with Crippen molar-refractivity contribution in [1.82, 2.24) is 9.80 Å². The van der Waals surface area contributed by atoms with E-state index in [1.807, 2.05) is 0 Å². The first-order valence-electron chi connectivity index (χ1n) is 8.26. The van der Waals surface area contributed by atoms with E-state index < -0.39 is 17.8 Å². The van der Waals surface area contributed by atoms with Gasteiger partial charge in [0.15, 0.2) is 0 Å². The third-order valence-corrected chi connectivity index (χ3v) is 4.75. The van der Waals surface area contributed by atoms with Crippen LogP contribution in [0, 0.1) is 11.7 Å². The summed E-state index contributed by atoms with van der Waals surface area (Å²) in [5.74, 6) is -0.409. The number of amides is 2. The van der Waals surface area contributed by atoms with Crippen LogP contribution in [0.2, 0.25) is 0 Å². The minimum absolute atomic E-state index is 0.0778. The second kappa shape index (κ2) is 7.09. The molecule has 1 aromatic heterocycles. The van der Waals surface area contributed by atoms with Gasteiger partial charge in [-0.2, -0.15) is 0 Å². The summed E-state index contributed by atoms with van der Waals surface area (Å²) in [5, 5.41) is 0. The first-order chi connectivity index (χ1) is 12.0. The molecule has 6 heteroatoms. The third-order valence-electron chi connectivity index (χ3n) is 4.75. The van der Waals surface area contributed by atoms with Crippen molar-refractivity contribution in [3.05, 3.63) is 59.8 Å². The lowest BCUT2D eigenvalue weighted by molar-refractivity contribution is -0.146. The highest BCUT2D eigenvalue weighted by molar-refractivity contribution is 5.84. The van der Waals surface area contributed by atoms with Gasteiger partial charge >= 0.3 is 0 Å². The molecule has 1 aromatic carbocycles. The highest BCUT2D eigenvalue weighted by Crippen LogP contribution is 2.37. The van der Waals surface area contributed by atoms with Crippen molar-refractivity contribution < 1.29 is 18.4 Å². The topological polar surface area (TPSA) is 53.8 Å². The van der Waals surface area contributed by atoms with Gasteiger partial charge in [-0.25, -0.2) is 4.39 Å². The van der Waals surface area contributed by atoms with E-state index in [0.717, 1.165) is 0 Å². The van der Waals surface area contributed by atoms with E-state index >= 15 is 0 Å². The van der Waals surface area contributed by atoms with E-state index in [2.05, 4.69) is 0 Å². The number of carbonyl (C=O) groups excluding carboxylic acids is 2. The van der Waals surface area contributed by atoms with Crippen LogP contribution in [-0.4, -0.2) is 35.7 Å². The van der Waals surface area contributed by atoms with Gasteiger partial charge in [-0.15, -0.1) is 0 Å². The van der Waals surface area contributed by atoms with Crippen molar-refractivity contribution in [2.75, 3.05) is 14.1 Å². The van der Waals surface area contributed by atoms with Crippen molar-refractivity contribution in [2.24, 2.45) is 5.92 Å². The Balaban J connectivity index is 1.88. The Morgan fingerprint density at radius 1 is 1.32 bits per heavy atom. The molecule has 0 aliphatic carbocycles. The van der Waals surface area contributed by atoms with Crippen molar-refractivity contribution >= 4 is 11.8 Å². The molecule has 1 aliphatic rings. The second-order valence-electron chi connectivity index (χ2n) is 6.39. The normalized spacial score (nSPS) is 20.6. The van der Waals surface area contributed by atoms with Gasteiger partial charge in [0.2, 0.25) is 11.8 Å². The molecule has 132 valence electrons. The average Bonchev–Trinajstić information content (AvgIpc) is 3.10. The molecule has 2 atom stereocenters. The van der Waals surface area contributed by atoms with Crippen LogP contribution < -0.4 is 0 Å². The molecule has 1 saturated heterocycles. The zero-order valence-corrected chi connectivity index (χ0v) is 14.3. The van der Waals surface area contributed by atoms with Crippen molar-refractivity contribution in [3.63, 3.8) is 0 Å². The first kappa shape index (κ1) is 17.2. The molecule has 2 heterocycles. The van der Waals surface area contributed by atoms with Crippen LogP contribution in [0.4, 0.5) is 4.39 Å². The minimum Gasteiger partial charge on any atom is -0.467 e. The third kappa shape index (κ3) is 3.43. The smallest absolute Gasteiger partial charge is 0.228 e. The number of likely N-dealkylation sites (tertiary alicyclic amines) is 1. The summed E-state index contributed by atoms with van der Waals surface area (Å²) in [6.45, 7) is 0.337. The van der Waals surface area contributed by atoms with Gasteiger partial charge in [-0.3, -0.25) is 9.59 Å². The molecule has 0 radical (unpaired) electrons. The Morgan fingerprint density at radius 2 is 2.08 bits per heavy atom. The lowest BCUT2D eigenvalue weighted by atomic mass is 9.83. The molecule has 0 spiro atoms. The molecule has 3 rings (SSSR count). The maximum atomic E-state index is 14.3. The number of nitrogens with zero attached hydrogens (tertiary/aromatic N) is 2. The predicted molar refractivity (Wildman–Crippen MR) is 89.8 cm³/mol. The molecule has 25 heavy (non-hydrogen) atoms. The molecular weight excluding hydrogens is 323 g/mol. The standard InChI is InChI=1S/C19H21FN2O3/c1-21(12-13-6-5-11-25-13)19(24)15-9-10-17(23)22(2)18(15)14-7-3-4-8-16(14)20/h3-8,11,15,18H,9-10,12H2,1-2H3. The zero-order chi connectivity index (χ0) is 18.0. The fourth-order valence-corrected chi connectivity index (χ4v) is 3.43. The van der Waals surface area contributed by atoms with Gasteiger partial charge in [-0.05, 0) is 24.6 Å². The monoisotopic (exact) mass is 344 g/mol. The number of furan rings is 1. The van der Waals surface area contributed by atoms with E-state index in [1.54, 1.807) is 55.6 Å². The van der Waals surface area contributed by atoms with Gasteiger partial charge < -0.3 is 14.2 Å². The minimum atomic E-state index is -0.603. The maximum Gasteiger partial charge on any atom is 0.228 e. The van der Waals surface area contributed by atoms with Gasteiger partial charge in [0.1, 0.15) is 11.6 Å². The summed E-state index contributed by atoms with van der Waals surface area (Å²) < 4.78 is 19.6. The summed E-state index contributed by atoms with van der Waals surface area (Å²) in [6, 6.07) is 9.28. The van der Waals surface area contributed by atoms with Gasteiger partial charge in [0.05, 0.1) is 24.8 Å². The van der Waals surface area contributed by atoms with Crippen LogP contribution in [0.1, 0.15) is 30.2 Å². The highest BCUT2D eigenvalue weighted by Gasteiger charge is 2.41. The molecule has 5 nitrogen and oxygen atoms in total. The number of carbonyl (C=O) groups is 2. The van der Waals surface area contributed by atoms with Crippen molar-refractivity contribution in [1.29, 1.82) is 0 Å². The van der Waals surface area contributed by atoms with Gasteiger partial charge in [0, 0.05) is 26.1 Å². The molecule has 1 aliphatic heterocycles. The number of hydrogen-bond acceptors (Lipinski definition) is 3. The SMILES string of the molecule is CN(Cc1ccco1)C(=O)C1CCC(=O)N(C)C1c1ccccc1F. The predicted octanol–water partition coefficient (Wildman–Crippen LogP) is 2.99. The van der Waals surface area contributed by atoms with E-state index in [9.17, 15) is 14.0 Å². The van der Waals surface area contributed by atoms with E-state index in [4.69, 9.17) is 4.42 Å². The van der Waals surface area contributed by atoms with Gasteiger partial charge in [-0.1, -0.05) is 18.2 Å². The van der Waals surface area contributed by atoms with E-state index in [0.29, 0.717) is 24.3 Å². The van der Waals surface area contributed by atoms with Crippen LogP contribution in [0.5, 0.6) is 0 Å². The van der Waals surface area contributed by atoms with E-state index in [-0.39, 0.29) is 18.2 Å². The fraction of sp³-hybridized carbons (Fsp3) is 0.368. The number of benzene rings is 1. The largest absolute Gasteiger partial charge is 0.467 e. The first-order valence-corrected chi connectivity index (χ1v) is 8.26. The number of hydrogen-bond donors (Lipinski definition) is 0. The lowest BCUT2D eigenvalue weighted by Gasteiger charge is -2.40. The number of rotatable bonds is 4. The number of piperidine rings is 1. The summed E-state index contributed by atoms with van der Waals surface area (Å²) in [7, 11) is 3.32. The highest BCUT2D eigenvalue weighted by atomic mass is 19.1. The molecule has 1 fully saturated rings. The Labute approximate surface area is 146 Å². The summed E-state index contributed by atoms with van der Waals surface area (Å²) in [4.78, 5) is 28.2. The summed E-state index contributed by atoms with van der Waals surface area (Å²) >= 11 is 0. The van der Waals surface area contributed by atoms with Gasteiger partial charge in [0.25, 0.3) is 0 Å². The molecular formula is C19H21FN2O3. The van der Waals surface area contributed by atoms with Crippen LogP contribution in [-0.2, 0) is 16.1 Å². The Kier molecular flexibility index (Phi) is 4.88. The molecule has 2 amide bonds. The quantitative estimate of drug-likeness (QED) is 0.857. The average molecular weight is 344 g/mol. The van der Waals surface area contributed by atoms with E-state index in [1.165, 1.54) is 11.0 Å². The summed E-state index contributed by atoms with van der Waals surface area (Å²) in [6.07, 6.45) is 2.25. The lowest BCUT2D eigenvalue weighted by Crippen LogP contribution is -2.46. The Bertz CT molecular complexity index is 760. The Morgan fingerprint density at radius 3 is 2.76 bits per heavy atom. The van der Waals surface area contributed by atoms with Crippen LogP contribution in [0.25, 0.3) is 0 Å². The van der Waals surface area contributed by atoms with Crippen LogP contribution in [0.15, 0.2) is 47.1 Å². The molecule has 2 aromatic rings. The zero-order valence-electron chi connectivity index (χ0n) is 14.3. The molecule has 0 bridgehead atoms. The van der Waals surface area contributed by atoms with Crippen molar-refractivity contribution in [2.45, 2.75) is 25.4 Å². The number of halogens is 1. The maximum absolute atomic E-state index is 14.3. The molecule has 2 unspecified atom stereocenters. The fourth-order valence-electron chi connectivity index (χ4n) is 3.43. The van der Waals surface area contributed by atoms with Crippen LogP contribution in [0.3, 0.4) is 0 Å². The molecule has 0 N–H and O–H groups in total.